The van der Waals surface area contributed by atoms with E-state index in [1.54, 1.807) is 6.20 Å². The Bertz CT molecular complexity index is 656. The van der Waals surface area contributed by atoms with E-state index in [1.165, 1.54) is 11.1 Å². The molecule has 0 radical (unpaired) electrons. The van der Waals surface area contributed by atoms with Gasteiger partial charge in [0, 0.05) is 31.5 Å². The van der Waals surface area contributed by atoms with E-state index in [0.29, 0.717) is 18.7 Å². The van der Waals surface area contributed by atoms with E-state index >= 15 is 0 Å². The van der Waals surface area contributed by atoms with Crippen LogP contribution in [0.25, 0.3) is 0 Å². The summed E-state index contributed by atoms with van der Waals surface area (Å²) in [6.07, 6.45) is 1.68. The summed E-state index contributed by atoms with van der Waals surface area (Å²) in [7, 11) is 0. The number of carbonyl (C=O) groups is 1. The summed E-state index contributed by atoms with van der Waals surface area (Å²) < 4.78 is 0. The Hall–Kier alpha value is -2.36. The molecule has 2 heterocycles. The highest BCUT2D eigenvalue weighted by atomic mass is 16.2. The van der Waals surface area contributed by atoms with Crippen LogP contribution in [0, 0.1) is 6.92 Å². The molecule has 0 aliphatic carbocycles. The van der Waals surface area contributed by atoms with Crippen molar-refractivity contribution in [3.8, 4) is 0 Å². The number of benzene rings is 1. The third-order valence-corrected chi connectivity index (χ3v) is 3.77. The maximum atomic E-state index is 12.8. The Morgan fingerprint density at radius 2 is 1.95 bits per heavy atom. The number of aryl methyl sites for hydroxylation is 1. The van der Waals surface area contributed by atoms with Crippen molar-refractivity contribution < 1.29 is 4.79 Å². The highest BCUT2D eigenvalue weighted by Crippen LogP contribution is 2.26. The Morgan fingerprint density at radius 3 is 2.57 bits per heavy atom. The van der Waals surface area contributed by atoms with E-state index in [0.717, 1.165) is 17.9 Å². The first kappa shape index (κ1) is 13.6. The molecule has 1 aliphatic rings. The van der Waals surface area contributed by atoms with Gasteiger partial charge >= 0.3 is 0 Å². The Morgan fingerprint density at radius 1 is 1.29 bits per heavy atom. The van der Waals surface area contributed by atoms with Gasteiger partial charge in [-0.2, -0.15) is 0 Å². The lowest BCUT2D eigenvalue weighted by atomic mass is 10.1. The third-order valence-electron chi connectivity index (χ3n) is 3.77. The van der Waals surface area contributed by atoms with Gasteiger partial charge in [0.15, 0.2) is 0 Å². The zero-order valence-corrected chi connectivity index (χ0v) is 12.4. The predicted molar refractivity (Wildman–Crippen MR) is 83.2 cm³/mol. The number of amides is 1. The van der Waals surface area contributed by atoms with Gasteiger partial charge in [-0.05, 0) is 31.0 Å². The molecule has 0 saturated heterocycles. The van der Waals surface area contributed by atoms with Crippen molar-refractivity contribution in [3.63, 3.8) is 0 Å². The summed E-state index contributed by atoms with van der Waals surface area (Å²) >= 11 is 0. The van der Waals surface area contributed by atoms with Crippen molar-refractivity contribution in [1.29, 1.82) is 0 Å². The minimum Gasteiger partial charge on any atom is -0.385 e. The molecule has 1 aromatic heterocycles. The molecule has 1 amide bonds. The Kier molecular flexibility index (Phi) is 3.60. The molecule has 0 atom stereocenters. The van der Waals surface area contributed by atoms with Crippen molar-refractivity contribution in [1.82, 2.24) is 9.88 Å². The normalized spacial score (nSPS) is 13.1. The Labute approximate surface area is 124 Å². The summed E-state index contributed by atoms with van der Waals surface area (Å²) in [5, 5.41) is 3.25. The van der Waals surface area contributed by atoms with Crippen molar-refractivity contribution in [2.45, 2.75) is 26.9 Å². The summed E-state index contributed by atoms with van der Waals surface area (Å²) in [5.41, 5.74) is 4.89. The fraction of sp³-hybridized carbons (Fsp3) is 0.294. The number of pyridine rings is 1. The number of anilines is 1. The average Bonchev–Trinajstić information content (AvgIpc) is 2.91. The van der Waals surface area contributed by atoms with Crippen LogP contribution in [0.2, 0.25) is 0 Å². The Balaban J connectivity index is 1.87. The van der Waals surface area contributed by atoms with Gasteiger partial charge in [-0.15, -0.1) is 0 Å². The van der Waals surface area contributed by atoms with Crippen molar-refractivity contribution in [2.75, 3.05) is 11.9 Å². The lowest BCUT2D eigenvalue weighted by molar-refractivity contribution is 0.0752. The fourth-order valence-corrected chi connectivity index (χ4v) is 2.71. The van der Waals surface area contributed by atoms with Gasteiger partial charge in [-0.1, -0.05) is 24.3 Å². The summed E-state index contributed by atoms with van der Waals surface area (Å²) in [4.78, 5) is 18.9. The van der Waals surface area contributed by atoms with Gasteiger partial charge in [0.2, 0.25) is 0 Å². The van der Waals surface area contributed by atoms with Crippen LogP contribution in [0.3, 0.4) is 0 Å². The molecule has 1 N–H and O–H groups in total. The topological polar surface area (TPSA) is 45.2 Å². The first-order valence-electron chi connectivity index (χ1n) is 7.25. The lowest BCUT2D eigenvalue weighted by Gasteiger charge is -2.18. The van der Waals surface area contributed by atoms with Crippen LogP contribution in [0.1, 0.15) is 34.1 Å². The number of aromatic nitrogens is 1. The average molecular weight is 281 g/mol. The number of rotatable bonds is 3. The van der Waals surface area contributed by atoms with Crippen LogP contribution in [0.4, 0.5) is 5.69 Å². The van der Waals surface area contributed by atoms with Gasteiger partial charge < -0.3 is 10.2 Å². The second-order valence-corrected chi connectivity index (χ2v) is 5.33. The van der Waals surface area contributed by atoms with Gasteiger partial charge in [0.1, 0.15) is 0 Å². The van der Waals surface area contributed by atoms with E-state index in [1.807, 2.05) is 36.9 Å². The lowest BCUT2D eigenvalue weighted by Crippen LogP contribution is -2.26. The highest BCUT2D eigenvalue weighted by Gasteiger charge is 2.25. The van der Waals surface area contributed by atoms with Crippen LogP contribution >= 0.6 is 0 Å². The van der Waals surface area contributed by atoms with E-state index < -0.39 is 0 Å². The minimum absolute atomic E-state index is 0.0367. The van der Waals surface area contributed by atoms with Crippen molar-refractivity contribution in [3.05, 3.63) is 58.9 Å². The first-order chi connectivity index (χ1) is 10.2. The highest BCUT2D eigenvalue weighted by molar-refractivity contribution is 5.99. The molecular formula is C17H19N3O. The standard InChI is InChI=1S/C17H19N3O/c1-3-18-16-8-12(2)19-9-15(16)17(21)20-10-13-6-4-5-7-14(13)11-20/h4-9H,3,10-11H2,1-2H3,(H,18,19). The molecule has 3 rings (SSSR count). The van der Waals surface area contributed by atoms with Gasteiger partial charge in [0.05, 0.1) is 11.3 Å². The van der Waals surface area contributed by atoms with Crippen molar-refractivity contribution in [2.24, 2.45) is 0 Å². The number of fused-ring (bicyclic) bond motifs is 1. The van der Waals surface area contributed by atoms with Crippen LogP contribution in [-0.2, 0) is 13.1 Å². The zero-order valence-electron chi connectivity index (χ0n) is 12.4. The van der Waals surface area contributed by atoms with E-state index in [9.17, 15) is 4.79 Å². The smallest absolute Gasteiger partial charge is 0.258 e. The maximum absolute atomic E-state index is 12.8. The largest absolute Gasteiger partial charge is 0.385 e. The van der Waals surface area contributed by atoms with Crippen LogP contribution in [-0.4, -0.2) is 22.3 Å². The minimum atomic E-state index is 0.0367. The van der Waals surface area contributed by atoms with Crippen LogP contribution in [0.5, 0.6) is 0 Å². The monoisotopic (exact) mass is 281 g/mol. The number of hydrogen-bond acceptors (Lipinski definition) is 3. The molecule has 1 aromatic carbocycles. The van der Waals surface area contributed by atoms with Crippen LogP contribution < -0.4 is 5.32 Å². The predicted octanol–water partition coefficient (Wildman–Crippen LogP) is 2.98. The third kappa shape index (κ3) is 2.61. The molecule has 4 heteroatoms. The molecule has 0 bridgehead atoms. The van der Waals surface area contributed by atoms with Gasteiger partial charge in [-0.25, -0.2) is 0 Å². The molecule has 0 unspecified atom stereocenters. The molecule has 2 aromatic rings. The summed E-state index contributed by atoms with van der Waals surface area (Å²) in [6, 6.07) is 10.1. The fourth-order valence-electron chi connectivity index (χ4n) is 2.71. The molecule has 0 saturated carbocycles. The van der Waals surface area contributed by atoms with E-state index in [2.05, 4.69) is 22.4 Å². The SMILES string of the molecule is CCNc1cc(C)ncc1C(=O)N1Cc2ccccc2C1. The molecule has 0 spiro atoms. The molecule has 108 valence electrons. The molecule has 1 aliphatic heterocycles. The summed E-state index contributed by atoms with van der Waals surface area (Å²) in [6.45, 7) is 6.09. The van der Waals surface area contributed by atoms with Gasteiger partial charge in [0.25, 0.3) is 5.91 Å². The second-order valence-electron chi connectivity index (χ2n) is 5.33. The number of hydrogen-bond donors (Lipinski definition) is 1. The number of carbonyl (C=O) groups excluding carboxylic acids is 1. The van der Waals surface area contributed by atoms with E-state index in [4.69, 9.17) is 0 Å². The van der Waals surface area contributed by atoms with E-state index in [-0.39, 0.29) is 5.91 Å². The molecular weight excluding hydrogens is 262 g/mol. The molecule has 0 fully saturated rings. The first-order valence-corrected chi connectivity index (χ1v) is 7.25. The number of nitrogens with one attached hydrogen (secondary N) is 1. The van der Waals surface area contributed by atoms with Gasteiger partial charge in [-0.3, -0.25) is 9.78 Å². The summed E-state index contributed by atoms with van der Waals surface area (Å²) in [5.74, 6) is 0.0367. The maximum Gasteiger partial charge on any atom is 0.258 e. The number of nitrogens with zero attached hydrogens (tertiary/aromatic N) is 2. The van der Waals surface area contributed by atoms with Crippen LogP contribution in [0.15, 0.2) is 36.5 Å². The quantitative estimate of drug-likeness (QED) is 0.940. The molecule has 21 heavy (non-hydrogen) atoms. The molecule has 4 nitrogen and oxygen atoms in total. The van der Waals surface area contributed by atoms with Crippen molar-refractivity contribution >= 4 is 11.6 Å². The second kappa shape index (κ2) is 5.56. The zero-order chi connectivity index (χ0) is 14.8.